The van der Waals surface area contributed by atoms with E-state index in [-0.39, 0.29) is 12.1 Å². The summed E-state index contributed by atoms with van der Waals surface area (Å²) in [5.41, 5.74) is -0.459. The fourth-order valence-corrected chi connectivity index (χ4v) is 4.35. The van der Waals surface area contributed by atoms with Gasteiger partial charge >= 0.3 is 6.09 Å². The van der Waals surface area contributed by atoms with Crippen LogP contribution in [0.5, 0.6) is 0 Å². The van der Waals surface area contributed by atoms with Gasteiger partial charge in [-0.1, -0.05) is 0 Å². The van der Waals surface area contributed by atoms with Crippen LogP contribution in [0.25, 0.3) is 0 Å². The summed E-state index contributed by atoms with van der Waals surface area (Å²) in [6.45, 7) is 5.62. The third-order valence-corrected chi connectivity index (χ3v) is 5.44. The van der Waals surface area contributed by atoms with E-state index in [9.17, 15) is 9.00 Å². The number of hydrogen-bond acceptors (Lipinski definition) is 4. The Bertz CT molecular complexity index is 385. The van der Waals surface area contributed by atoms with Crippen LogP contribution < -0.4 is 10.6 Å². The number of carbonyl (C=O) groups is 1. The topological polar surface area (TPSA) is 67.4 Å². The standard InChI is InChI=1S/C15H28N2O3S/c1-15(2,3)20-14(18)17-13-6-4-5-12(13)16-11-7-9-21(19)10-8-11/h11-13,16H,4-10H2,1-3H3,(H,17,18). The first-order chi connectivity index (χ1) is 9.83. The molecule has 1 heterocycles. The van der Waals surface area contributed by atoms with Gasteiger partial charge in [0, 0.05) is 40.4 Å². The van der Waals surface area contributed by atoms with Crippen LogP contribution in [0.3, 0.4) is 0 Å². The highest BCUT2D eigenvalue weighted by Gasteiger charge is 2.32. The van der Waals surface area contributed by atoms with E-state index in [0.29, 0.717) is 12.1 Å². The van der Waals surface area contributed by atoms with E-state index >= 15 is 0 Å². The molecule has 2 atom stereocenters. The minimum atomic E-state index is -0.623. The van der Waals surface area contributed by atoms with Crippen LogP contribution in [0.2, 0.25) is 0 Å². The second-order valence-corrected chi connectivity index (χ2v) is 8.78. The van der Waals surface area contributed by atoms with Gasteiger partial charge in [0.05, 0.1) is 0 Å². The second kappa shape index (κ2) is 7.09. The summed E-state index contributed by atoms with van der Waals surface area (Å²) in [7, 11) is -0.623. The first-order valence-corrected chi connectivity index (χ1v) is 9.43. The number of ether oxygens (including phenoxy) is 1. The molecule has 2 aliphatic rings. The van der Waals surface area contributed by atoms with E-state index < -0.39 is 16.4 Å². The van der Waals surface area contributed by atoms with Gasteiger partial charge in [0.25, 0.3) is 0 Å². The Morgan fingerprint density at radius 3 is 2.33 bits per heavy atom. The lowest BCUT2D eigenvalue weighted by Crippen LogP contribution is -2.51. The van der Waals surface area contributed by atoms with Crippen molar-refractivity contribution in [2.75, 3.05) is 11.5 Å². The summed E-state index contributed by atoms with van der Waals surface area (Å²) < 4.78 is 16.7. The lowest BCUT2D eigenvalue weighted by Gasteiger charge is -2.30. The number of hydrogen-bond donors (Lipinski definition) is 2. The normalized spacial score (nSPS) is 33.7. The Kier molecular flexibility index (Phi) is 5.66. The molecular formula is C15H28N2O3S. The Labute approximate surface area is 130 Å². The molecule has 0 spiro atoms. The van der Waals surface area contributed by atoms with Crippen LogP contribution in [-0.4, -0.2) is 45.5 Å². The van der Waals surface area contributed by atoms with Crippen molar-refractivity contribution in [3.05, 3.63) is 0 Å². The van der Waals surface area contributed by atoms with Gasteiger partial charge in [0.1, 0.15) is 5.60 Å². The Morgan fingerprint density at radius 1 is 1.10 bits per heavy atom. The first kappa shape index (κ1) is 16.7. The van der Waals surface area contributed by atoms with Crippen molar-refractivity contribution < 1.29 is 13.7 Å². The van der Waals surface area contributed by atoms with Crippen LogP contribution >= 0.6 is 0 Å². The fraction of sp³-hybridized carbons (Fsp3) is 0.933. The molecule has 0 aromatic carbocycles. The van der Waals surface area contributed by atoms with Gasteiger partial charge in [-0.05, 0) is 52.9 Å². The van der Waals surface area contributed by atoms with Gasteiger partial charge in [-0.15, -0.1) is 0 Å². The maximum Gasteiger partial charge on any atom is 0.407 e. The summed E-state index contributed by atoms with van der Waals surface area (Å²) in [5, 5.41) is 6.65. The van der Waals surface area contributed by atoms with Crippen LogP contribution in [0, 0.1) is 0 Å². The minimum Gasteiger partial charge on any atom is -0.444 e. The Balaban J connectivity index is 1.80. The molecule has 6 heteroatoms. The number of amides is 1. The smallest absolute Gasteiger partial charge is 0.407 e. The third-order valence-electron chi connectivity index (χ3n) is 4.06. The van der Waals surface area contributed by atoms with Crippen molar-refractivity contribution in [1.29, 1.82) is 0 Å². The lowest BCUT2D eigenvalue weighted by atomic mass is 10.1. The van der Waals surface area contributed by atoms with Crippen molar-refractivity contribution in [3.63, 3.8) is 0 Å². The highest BCUT2D eigenvalue weighted by Crippen LogP contribution is 2.22. The maximum atomic E-state index is 11.9. The predicted octanol–water partition coefficient (Wildman–Crippen LogP) is 1.93. The van der Waals surface area contributed by atoms with Crippen LogP contribution in [0.15, 0.2) is 0 Å². The van der Waals surface area contributed by atoms with Crippen LogP contribution in [-0.2, 0) is 15.5 Å². The molecule has 0 aromatic rings. The molecule has 0 aromatic heterocycles. The molecule has 1 saturated heterocycles. The van der Waals surface area contributed by atoms with E-state index in [4.69, 9.17) is 4.74 Å². The van der Waals surface area contributed by atoms with Gasteiger partial charge in [-0.3, -0.25) is 4.21 Å². The molecule has 122 valence electrons. The van der Waals surface area contributed by atoms with E-state index in [0.717, 1.165) is 43.6 Å². The largest absolute Gasteiger partial charge is 0.444 e. The zero-order valence-electron chi connectivity index (χ0n) is 13.3. The van der Waals surface area contributed by atoms with Gasteiger partial charge in [-0.2, -0.15) is 0 Å². The zero-order valence-corrected chi connectivity index (χ0v) is 14.1. The molecule has 0 radical (unpaired) electrons. The highest BCUT2D eigenvalue weighted by atomic mass is 32.2. The molecule has 2 fully saturated rings. The summed E-state index contributed by atoms with van der Waals surface area (Å²) >= 11 is 0. The van der Waals surface area contributed by atoms with E-state index in [1.54, 1.807) is 0 Å². The molecule has 2 unspecified atom stereocenters. The monoisotopic (exact) mass is 316 g/mol. The Morgan fingerprint density at radius 2 is 1.71 bits per heavy atom. The van der Waals surface area contributed by atoms with Crippen LogP contribution in [0.1, 0.15) is 52.9 Å². The van der Waals surface area contributed by atoms with Crippen molar-refractivity contribution in [3.8, 4) is 0 Å². The number of nitrogens with one attached hydrogen (secondary N) is 2. The molecule has 5 nitrogen and oxygen atoms in total. The molecular weight excluding hydrogens is 288 g/mol. The predicted molar refractivity (Wildman–Crippen MR) is 84.8 cm³/mol. The van der Waals surface area contributed by atoms with Crippen molar-refractivity contribution >= 4 is 16.9 Å². The number of alkyl carbamates (subject to hydrolysis) is 1. The highest BCUT2D eigenvalue weighted by molar-refractivity contribution is 7.85. The minimum absolute atomic E-state index is 0.146. The first-order valence-electron chi connectivity index (χ1n) is 7.94. The molecule has 2 rings (SSSR count). The van der Waals surface area contributed by atoms with Gasteiger partial charge in [0.15, 0.2) is 0 Å². The average molecular weight is 316 g/mol. The Hall–Kier alpha value is -0.620. The van der Waals surface area contributed by atoms with E-state index in [2.05, 4.69) is 10.6 Å². The van der Waals surface area contributed by atoms with Crippen LogP contribution in [0.4, 0.5) is 4.79 Å². The fourth-order valence-electron chi connectivity index (χ4n) is 3.05. The molecule has 0 bridgehead atoms. The molecule has 21 heavy (non-hydrogen) atoms. The summed E-state index contributed by atoms with van der Waals surface area (Å²) in [4.78, 5) is 11.9. The van der Waals surface area contributed by atoms with Crippen molar-refractivity contribution in [2.24, 2.45) is 0 Å². The van der Waals surface area contributed by atoms with E-state index in [1.807, 2.05) is 20.8 Å². The maximum absolute atomic E-state index is 11.9. The molecule has 1 amide bonds. The van der Waals surface area contributed by atoms with E-state index in [1.165, 1.54) is 0 Å². The molecule has 1 saturated carbocycles. The summed E-state index contributed by atoms with van der Waals surface area (Å²) in [6, 6.07) is 0.898. The number of rotatable bonds is 3. The molecule has 1 aliphatic heterocycles. The molecule has 2 N–H and O–H groups in total. The van der Waals surface area contributed by atoms with Gasteiger partial charge in [-0.25, -0.2) is 4.79 Å². The second-order valence-electron chi connectivity index (χ2n) is 7.08. The SMILES string of the molecule is CC(C)(C)OC(=O)NC1CCCC1NC1CCS(=O)CC1. The summed E-state index contributed by atoms with van der Waals surface area (Å²) in [5.74, 6) is 1.60. The lowest BCUT2D eigenvalue weighted by molar-refractivity contribution is 0.0496. The number of carbonyl (C=O) groups excluding carboxylic acids is 1. The van der Waals surface area contributed by atoms with Gasteiger partial charge in [0.2, 0.25) is 0 Å². The third kappa shape index (κ3) is 5.58. The average Bonchev–Trinajstić information content (AvgIpc) is 2.77. The quantitative estimate of drug-likeness (QED) is 0.835. The summed E-state index contributed by atoms with van der Waals surface area (Å²) in [6.07, 6.45) is 4.82. The zero-order chi connectivity index (χ0) is 15.5. The van der Waals surface area contributed by atoms with Crippen molar-refractivity contribution in [1.82, 2.24) is 10.6 Å². The van der Waals surface area contributed by atoms with Gasteiger partial charge < -0.3 is 15.4 Å². The van der Waals surface area contributed by atoms with Crippen molar-refractivity contribution in [2.45, 2.75) is 76.6 Å². The molecule has 1 aliphatic carbocycles.